The lowest BCUT2D eigenvalue weighted by Crippen LogP contribution is -2.16. The van der Waals surface area contributed by atoms with E-state index in [4.69, 9.17) is 0 Å². The highest BCUT2D eigenvalue weighted by Crippen LogP contribution is 1.62. The van der Waals surface area contributed by atoms with E-state index in [2.05, 4.69) is 0 Å². The highest BCUT2D eigenvalue weighted by atomic mass is 19.1. The van der Waals surface area contributed by atoms with Crippen LogP contribution < -0.4 is 0 Å². The first-order valence-electron chi connectivity index (χ1n) is 1.91. The summed E-state index contributed by atoms with van der Waals surface area (Å²) in [5.41, 5.74) is 0. The zero-order valence-corrected chi connectivity index (χ0v) is 3.66. The molecule has 0 unspecified atom stereocenters. The van der Waals surface area contributed by atoms with Gasteiger partial charge in [0.05, 0.1) is 14.8 Å². The molecule has 0 aromatic carbocycles. The molecule has 0 heterocycles. The van der Waals surface area contributed by atoms with Gasteiger partial charge in [0.25, 0.3) is 6.77 Å². The van der Waals surface area contributed by atoms with Gasteiger partial charge in [0.2, 0.25) is 0 Å². The van der Waals surface area contributed by atoms with E-state index in [1.807, 2.05) is 7.74 Å². The van der Waals surface area contributed by atoms with Crippen molar-refractivity contribution >= 4 is 29.3 Å². The molecule has 0 aliphatic carbocycles. The van der Waals surface area contributed by atoms with Crippen LogP contribution in [0.4, 0.5) is 4.32 Å². The van der Waals surface area contributed by atoms with Crippen molar-refractivity contribution in [2.45, 2.75) is 0 Å². The Morgan fingerprint density at radius 1 is 1.80 bits per heavy atom. The Balaban J connectivity index is 2.54. The Kier molecular flexibility index (Phi) is 2.52. The number of rotatable bonds is 1. The SMILES string of the molecule is BBB(B)F. The maximum Gasteiger partial charge on any atom is 0.255 e. The summed E-state index contributed by atoms with van der Waals surface area (Å²) in [7, 11) is 4.02. The summed E-state index contributed by atoms with van der Waals surface area (Å²) in [6, 6.07) is 0. The molecular weight excluding hydrogens is 62.2 g/mol. The van der Waals surface area contributed by atoms with E-state index in [0.29, 0.717) is 7.06 Å². The van der Waals surface area contributed by atoms with Crippen LogP contribution in [0.1, 0.15) is 0 Å². The maximum absolute atomic E-state index is 11.4. The minimum absolute atomic E-state index is 0.616. The van der Waals surface area contributed by atoms with Gasteiger partial charge in [-0.2, -0.15) is 0 Å². The molecule has 0 saturated heterocycles. The van der Waals surface area contributed by atoms with E-state index in [-0.39, 0.29) is 0 Å². The van der Waals surface area contributed by atoms with Gasteiger partial charge in [0.15, 0.2) is 0 Å². The first-order chi connectivity index (χ1) is 2.27. The molecule has 5 heavy (non-hydrogen) atoms. The quantitative estimate of drug-likeness (QED) is 0.299. The Morgan fingerprint density at radius 2 is 2.00 bits per heavy atom. The molecule has 24 valence electrons. The monoisotopic (exact) mass is 68.1 g/mol. The summed E-state index contributed by atoms with van der Waals surface area (Å²) in [5, 5.41) is 0. The molecular formula is H5B4F. The van der Waals surface area contributed by atoms with Crippen LogP contribution in [0.5, 0.6) is 0 Å². The van der Waals surface area contributed by atoms with Gasteiger partial charge >= 0.3 is 0 Å². The zero-order chi connectivity index (χ0) is 4.28. The third-order valence-electron chi connectivity index (χ3n) is 0.563. The van der Waals surface area contributed by atoms with Crippen LogP contribution in [0.3, 0.4) is 0 Å². The minimum Gasteiger partial charge on any atom is -0.359 e. The van der Waals surface area contributed by atoms with Crippen molar-refractivity contribution in [1.82, 2.24) is 0 Å². The second kappa shape index (κ2) is 2.43. The Labute approximate surface area is 34.7 Å². The van der Waals surface area contributed by atoms with E-state index in [1.165, 1.54) is 0 Å². The van der Waals surface area contributed by atoms with Crippen molar-refractivity contribution in [2.24, 2.45) is 0 Å². The largest absolute Gasteiger partial charge is 0.359 e. The average Bonchev–Trinajstić information content (AvgIpc) is 1.38. The summed E-state index contributed by atoms with van der Waals surface area (Å²) in [5.74, 6) is 0. The van der Waals surface area contributed by atoms with E-state index in [9.17, 15) is 4.32 Å². The van der Waals surface area contributed by atoms with Crippen LogP contribution >= 0.6 is 0 Å². The standard InChI is InChI=1S/B4FH5/c1-3-4(2)5/h3H,1-2H2. The molecule has 0 N–H and O–H groups in total. The van der Waals surface area contributed by atoms with E-state index in [1.54, 1.807) is 7.74 Å². The fourth-order valence-electron chi connectivity index (χ4n) is 0. The normalized spacial score (nSPS) is 6.60. The van der Waals surface area contributed by atoms with Gasteiger partial charge in [0.1, 0.15) is 7.74 Å². The minimum atomic E-state index is -0.616. The highest BCUT2D eigenvalue weighted by molar-refractivity contribution is 7.43. The lowest BCUT2D eigenvalue weighted by Gasteiger charge is -1.76. The maximum atomic E-state index is 11.4. The van der Waals surface area contributed by atoms with Crippen LogP contribution in [0.2, 0.25) is 0 Å². The third kappa shape index (κ3) is 4.19. The topological polar surface area (TPSA) is 0 Å². The third-order valence-corrected chi connectivity index (χ3v) is 0.563. The lowest BCUT2D eigenvalue weighted by atomic mass is 9.16. The van der Waals surface area contributed by atoms with Crippen LogP contribution in [-0.2, 0) is 0 Å². The molecule has 0 spiro atoms. The predicted molar refractivity (Wildman–Crippen MR) is 31.1 cm³/mol. The van der Waals surface area contributed by atoms with Crippen LogP contribution in [0.15, 0.2) is 0 Å². The van der Waals surface area contributed by atoms with Gasteiger partial charge in [-0.15, -0.1) is 0 Å². The van der Waals surface area contributed by atoms with Crippen LogP contribution in [0, 0.1) is 0 Å². The van der Waals surface area contributed by atoms with Gasteiger partial charge in [-0.3, -0.25) is 0 Å². The molecule has 0 amide bonds. The molecule has 0 aliphatic heterocycles. The number of halogens is 1. The summed E-state index contributed by atoms with van der Waals surface area (Å²) in [6.45, 7) is -0.616. The van der Waals surface area contributed by atoms with Crippen LogP contribution in [0.25, 0.3) is 0 Å². The van der Waals surface area contributed by atoms with Crippen molar-refractivity contribution in [1.29, 1.82) is 0 Å². The molecule has 0 radical (unpaired) electrons. The summed E-state index contributed by atoms with van der Waals surface area (Å²) in [6.07, 6.45) is 0. The molecule has 0 rings (SSSR count). The van der Waals surface area contributed by atoms with E-state index >= 15 is 0 Å². The average molecular weight is 67.3 g/mol. The number of hydrogen-bond acceptors (Lipinski definition) is 0. The fourth-order valence-corrected chi connectivity index (χ4v) is 0. The van der Waals surface area contributed by atoms with Gasteiger partial charge in [-0.05, 0) is 0 Å². The van der Waals surface area contributed by atoms with Gasteiger partial charge in [-0.25, -0.2) is 0 Å². The highest BCUT2D eigenvalue weighted by Gasteiger charge is 1.97. The predicted octanol–water partition coefficient (Wildman–Crippen LogP) is -2.44. The van der Waals surface area contributed by atoms with E-state index < -0.39 is 6.77 Å². The van der Waals surface area contributed by atoms with E-state index in [0.717, 1.165) is 0 Å². The van der Waals surface area contributed by atoms with Crippen molar-refractivity contribution in [2.75, 3.05) is 0 Å². The molecule has 0 saturated carbocycles. The smallest absolute Gasteiger partial charge is 0.255 e. The summed E-state index contributed by atoms with van der Waals surface area (Å²) >= 11 is 0. The number of hydrogen-bond donors (Lipinski definition) is 0. The lowest BCUT2D eigenvalue weighted by molar-refractivity contribution is 0.883. The molecule has 0 aliphatic rings. The van der Waals surface area contributed by atoms with Crippen molar-refractivity contribution in [3.8, 4) is 0 Å². The first-order valence-corrected chi connectivity index (χ1v) is 1.91. The molecule has 0 aromatic rings. The van der Waals surface area contributed by atoms with Gasteiger partial charge < -0.3 is 4.32 Å². The summed E-state index contributed by atoms with van der Waals surface area (Å²) < 4.78 is 11.4. The second-order valence-corrected chi connectivity index (χ2v) is 1.19. The second-order valence-electron chi connectivity index (χ2n) is 1.19. The van der Waals surface area contributed by atoms with Gasteiger partial charge in [-0.1, -0.05) is 0 Å². The Morgan fingerprint density at radius 3 is 2.00 bits per heavy atom. The molecule has 0 atom stereocenters. The molecule has 5 heteroatoms. The zero-order valence-electron chi connectivity index (χ0n) is 3.66. The van der Waals surface area contributed by atoms with Crippen molar-refractivity contribution in [3.63, 3.8) is 0 Å². The first kappa shape index (κ1) is 5.19. The van der Waals surface area contributed by atoms with Crippen molar-refractivity contribution in [3.05, 3.63) is 0 Å². The Hall–Kier alpha value is 0.190. The molecule has 0 bridgehead atoms. The van der Waals surface area contributed by atoms with Gasteiger partial charge in [0, 0.05) is 0 Å². The molecule has 0 fully saturated rings. The summed E-state index contributed by atoms with van der Waals surface area (Å²) in [4.78, 5) is 0. The van der Waals surface area contributed by atoms with Crippen LogP contribution in [-0.4, -0.2) is 29.3 Å². The fraction of sp³-hybridized carbons (Fsp3) is 0. The Bertz CT molecular complexity index is 17.6. The molecule has 0 aromatic heterocycles. The van der Waals surface area contributed by atoms with Crippen molar-refractivity contribution < 1.29 is 4.32 Å². The molecule has 0 nitrogen and oxygen atoms in total.